The Morgan fingerprint density at radius 1 is 1.25 bits per heavy atom. The van der Waals surface area contributed by atoms with Crippen LogP contribution in [0.5, 0.6) is 5.75 Å². The number of rotatable bonds is 10. The first-order valence-electron chi connectivity index (χ1n) is 10.4. The van der Waals surface area contributed by atoms with Crippen LogP contribution in [0.3, 0.4) is 0 Å². The van der Waals surface area contributed by atoms with E-state index in [2.05, 4.69) is 38.5 Å². The van der Waals surface area contributed by atoms with Gasteiger partial charge in [-0.05, 0) is 56.5 Å². The molecule has 2 aromatic rings. The van der Waals surface area contributed by atoms with Crippen LogP contribution in [0.15, 0.2) is 24.3 Å². The number of hydrogen-bond acceptors (Lipinski definition) is 6. The highest BCUT2D eigenvalue weighted by molar-refractivity contribution is 5.28. The molecule has 1 aromatic carbocycles. The van der Waals surface area contributed by atoms with Crippen molar-refractivity contribution < 1.29 is 9.84 Å². The summed E-state index contributed by atoms with van der Waals surface area (Å²) in [5, 5.41) is 17.3. The molecule has 0 amide bonds. The number of aryl methyl sites for hydroxylation is 1. The minimum Gasteiger partial charge on any atom is -0.494 e. The van der Waals surface area contributed by atoms with E-state index in [1.807, 2.05) is 20.0 Å². The molecule has 1 aliphatic rings. The number of piperidine rings is 1. The Balaban J connectivity index is 1.39. The van der Waals surface area contributed by atoms with Crippen molar-refractivity contribution in [3.8, 4) is 5.75 Å². The third kappa shape index (κ3) is 5.94. The smallest absolute Gasteiger partial charge is 0.221 e. The second kappa shape index (κ2) is 10.4. The summed E-state index contributed by atoms with van der Waals surface area (Å²) in [5.41, 5.74) is 1.32. The first kappa shape index (κ1) is 20.6. The Bertz CT molecular complexity index is 727. The molecule has 1 unspecified atom stereocenters. The molecule has 7 nitrogen and oxygen atoms in total. The Kier molecular flexibility index (Phi) is 7.68. The average molecular weight is 388 g/mol. The van der Waals surface area contributed by atoms with Gasteiger partial charge in [0.15, 0.2) is 5.82 Å². The van der Waals surface area contributed by atoms with E-state index >= 15 is 0 Å². The van der Waals surface area contributed by atoms with E-state index in [9.17, 15) is 5.11 Å². The predicted molar refractivity (Wildman–Crippen MR) is 110 cm³/mol. The highest BCUT2D eigenvalue weighted by Gasteiger charge is 2.13. The Labute approximate surface area is 167 Å². The summed E-state index contributed by atoms with van der Waals surface area (Å²) in [5.74, 6) is 2.07. The molecule has 1 aromatic heterocycles. The van der Waals surface area contributed by atoms with Gasteiger partial charge in [0.05, 0.1) is 6.61 Å². The van der Waals surface area contributed by atoms with Crippen LogP contribution in [0.1, 0.15) is 56.5 Å². The fraction of sp³-hybridized carbons (Fsp3) is 0.619. The van der Waals surface area contributed by atoms with Gasteiger partial charge in [-0.25, -0.2) is 4.68 Å². The van der Waals surface area contributed by atoms with Crippen LogP contribution in [-0.4, -0.2) is 51.0 Å². The maximum absolute atomic E-state index is 9.84. The van der Waals surface area contributed by atoms with Crippen molar-refractivity contribution in [2.24, 2.45) is 7.05 Å². The average Bonchev–Trinajstić information content (AvgIpc) is 3.09. The first-order chi connectivity index (χ1) is 13.7. The molecule has 3 rings (SSSR count). The first-order valence-corrected chi connectivity index (χ1v) is 10.4. The van der Waals surface area contributed by atoms with Gasteiger partial charge in [-0.15, -0.1) is 0 Å². The largest absolute Gasteiger partial charge is 0.494 e. The van der Waals surface area contributed by atoms with Crippen molar-refractivity contribution in [2.45, 2.75) is 51.7 Å². The third-order valence-corrected chi connectivity index (χ3v) is 5.09. The molecule has 1 fully saturated rings. The number of hydrogen-bond donors (Lipinski definition) is 2. The molecule has 1 atom stereocenters. The van der Waals surface area contributed by atoms with E-state index in [1.54, 1.807) is 4.68 Å². The van der Waals surface area contributed by atoms with Crippen molar-refractivity contribution in [2.75, 3.05) is 31.6 Å². The van der Waals surface area contributed by atoms with Gasteiger partial charge in [0.1, 0.15) is 11.9 Å². The van der Waals surface area contributed by atoms with Crippen LogP contribution >= 0.6 is 0 Å². The van der Waals surface area contributed by atoms with Gasteiger partial charge >= 0.3 is 0 Å². The summed E-state index contributed by atoms with van der Waals surface area (Å²) in [6, 6.07) is 8.43. The third-order valence-electron chi connectivity index (χ3n) is 5.09. The molecule has 0 radical (unpaired) electrons. The van der Waals surface area contributed by atoms with Crippen LogP contribution in [0.2, 0.25) is 0 Å². The molecule has 0 bridgehead atoms. The highest BCUT2D eigenvalue weighted by Crippen LogP contribution is 2.18. The number of ether oxygens (including phenoxy) is 1. The summed E-state index contributed by atoms with van der Waals surface area (Å²) >= 11 is 0. The van der Waals surface area contributed by atoms with Gasteiger partial charge in [-0.3, -0.25) is 4.90 Å². The minimum absolute atomic E-state index is 0.467. The minimum atomic E-state index is -0.609. The molecule has 7 heteroatoms. The van der Waals surface area contributed by atoms with Gasteiger partial charge in [0, 0.05) is 20.1 Å². The number of anilines is 1. The standard InChI is InChI=1S/C21H33N5O2/c1-3-19(27)20-23-21(25(2)24-20)22-11-8-14-28-18-10-7-9-17(15-18)16-26-12-5-4-6-13-26/h7,9-10,15,19,27H,3-6,8,11-14,16H2,1-2H3,(H,22,23,24). The molecule has 2 N–H and O–H groups in total. The fourth-order valence-electron chi connectivity index (χ4n) is 3.45. The SMILES string of the molecule is CCC(O)c1nc(NCCCOc2cccc(CN3CCCCC3)c2)n(C)n1. The number of likely N-dealkylation sites (tertiary alicyclic amines) is 1. The number of benzene rings is 1. The van der Waals surface area contributed by atoms with Gasteiger partial charge in [0.2, 0.25) is 5.95 Å². The summed E-state index contributed by atoms with van der Waals surface area (Å²) in [4.78, 5) is 6.87. The molecule has 0 aliphatic carbocycles. The topological polar surface area (TPSA) is 75.4 Å². The van der Waals surface area contributed by atoms with E-state index in [1.165, 1.54) is 37.9 Å². The lowest BCUT2D eigenvalue weighted by molar-refractivity contribution is 0.163. The predicted octanol–water partition coefficient (Wildman–Crippen LogP) is 3.13. The number of aliphatic hydroxyl groups is 1. The highest BCUT2D eigenvalue weighted by atomic mass is 16.5. The summed E-state index contributed by atoms with van der Waals surface area (Å²) < 4.78 is 7.59. The number of aliphatic hydroxyl groups excluding tert-OH is 1. The molecule has 1 saturated heterocycles. The lowest BCUT2D eigenvalue weighted by Gasteiger charge is -2.26. The van der Waals surface area contributed by atoms with Crippen LogP contribution in [0, 0.1) is 0 Å². The van der Waals surface area contributed by atoms with Gasteiger partial charge < -0.3 is 15.2 Å². The molecule has 28 heavy (non-hydrogen) atoms. The summed E-state index contributed by atoms with van der Waals surface area (Å²) in [6.07, 6.45) is 4.84. The van der Waals surface area contributed by atoms with Crippen LogP contribution in [0.4, 0.5) is 5.95 Å². The van der Waals surface area contributed by atoms with Crippen LogP contribution < -0.4 is 10.1 Å². The fourth-order valence-corrected chi connectivity index (χ4v) is 3.45. The van der Waals surface area contributed by atoms with Crippen molar-refractivity contribution >= 4 is 5.95 Å². The Morgan fingerprint density at radius 2 is 2.07 bits per heavy atom. The second-order valence-electron chi connectivity index (χ2n) is 7.45. The van der Waals surface area contributed by atoms with Crippen molar-refractivity contribution in [3.63, 3.8) is 0 Å². The molecule has 0 saturated carbocycles. The summed E-state index contributed by atoms with van der Waals surface area (Å²) in [6.45, 7) is 6.71. The summed E-state index contributed by atoms with van der Waals surface area (Å²) in [7, 11) is 1.82. The van der Waals surface area contributed by atoms with Gasteiger partial charge in [0.25, 0.3) is 0 Å². The van der Waals surface area contributed by atoms with E-state index in [-0.39, 0.29) is 0 Å². The zero-order valence-electron chi connectivity index (χ0n) is 17.1. The molecule has 0 spiro atoms. The van der Waals surface area contributed by atoms with Crippen molar-refractivity contribution in [1.29, 1.82) is 0 Å². The maximum atomic E-state index is 9.84. The van der Waals surface area contributed by atoms with Crippen LogP contribution in [-0.2, 0) is 13.6 Å². The quantitative estimate of drug-likeness (QED) is 0.610. The molecular weight excluding hydrogens is 354 g/mol. The van der Waals surface area contributed by atoms with Crippen molar-refractivity contribution in [3.05, 3.63) is 35.7 Å². The van der Waals surface area contributed by atoms with Crippen LogP contribution in [0.25, 0.3) is 0 Å². The van der Waals surface area contributed by atoms with E-state index < -0.39 is 6.10 Å². The lowest BCUT2D eigenvalue weighted by Crippen LogP contribution is -2.29. The van der Waals surface area contributed by atoms with Gasteiger partial charge in [-0.1, -0.05) is 25.5 Å². The molecular formula is C21H33N5O2. The van der Waals surface area contributed by atoms with Crippen molar-refractivity contribution in [1.82, 2.24) is 19.7 Å². The van der Waals surface area contributed by atoms with Gasteiger partial charge in [-0.2, -0.15) is 10.1 Å². The Morgan fingerprint density at radius 3 is 2.86 bits per heavy atom. The number of nitrogens with zero attached hydrogens (tertiary/aromatic N) is 4. The van der Waals surface area contributed by atoms with E-state index in [4.69, 9.17) is 4.74 Å². The zero-order chi connectivity index (χ0) is 19.8. The number of aromatic nitrogens is 3. The zero-order valence-corrected chi connectivity index (χ0v) is 17.1. The lowest BCUT2D eigenvalue weighted by atomic mass is 10.1. The Hall–Kier alpha value is -2.12. The number of nitrogens with one attached hydrogen (secondary N) is 1. The molecule has 2 heterocycles. The van der Waals surface area contributed by atoms with E-state index in [0.29, 0.717) is 24.8 Å². The molecule has 1 aliphatic heterocycles. The van der Waals surface area contributed by atoms with E-state index in [0.717, 1.165) is 25.3 Å². The maximum Gasteiger partial charge on any atom is 0.221 e. The molecule has 154 valence electrons. The second-order valence-corrected chi connectivity index (χ2v) is 7.45. The normalized spacial score (nSPS) is 16.1. The monoisotopic (exact) mass is 387 g/mol.